The van der Waals surface area contributed by atoms with Gasteiger partial charge in [0.1, 0.15) is 0 Å². The van der Waals surface area contributed by atoms with E-state index in [4.69, 9.17) is 12.2 Å². The van der Waals surface area contributed by atoms with Crippen LogP contribution in [0.1, 0.15) is 37.5 Å². The first-order chi connectivity index (χ1) is 14.3. The Kier molecular flexibility index (Phi) is 6.65. The Bertz CT molecular complexity index is 1050. The molecule has 3 N–H and O–H groups in total. The molecule has 30 heavy (non-hydrogen) atoms. The molecule has 2 aromatic carbocycles. The van der Waals surface area contributed by atoms with Crippen molar-refractivity contribution in [1.82, 2.24) is 0 Å². The Morgan fingerprint density at radius 2 is 1.63 bits per heavy atom. The molecule has 4 nitrogen and oxygen atoms in total. The molecule has 0 aliphatic rings. The maximum Gasteiger partial charge on any atom is 0.288 e. The van der Waals surface area contributed by atoms with E-state index in [1.165, 1.54) is 5.56 Å². The summed E-state index contributed by atoms with van der Waals surface area (Å²) >= 11 is 5.67. The SMILES string of the molecule is CC(C)(C)c1ccc(/C(O)=C(\C(=S)Nc2ccccc2)[n+]2cccc(CO)c2)cc1. The molecular weight excluding hydrogens is 392 g/mol. The number of benzene rings is 2. The van der Waals surface area contributed by atoms with Crippen LogP contribution in [0.5, 0.6) is 0 Å². The van der Waals surface area contributed by atoms with Crippen molar-refractivity contribution < 1.29 is 14.8 Å². The largest absolute Gasteiger partial charge is 0.502 e. The molecule has 0 atom stereocenters. The van der Waals surface area contributed by atoms with E-state index in [1.807, 2.05) is 66.7 Å². The maximum absolute atomic E-state index is 11.2. The fourth-order valence-electron chi connectivity index (χ4n) is 3.08. The molecule has 0 unspecified atom stereocenters. The van der Waals surface area contributed by atoms with Crippen LogP contribution in [0.3, 0.4) is 0 Å². The average Bonchev–Trinajstić information content (AvgIpc) is 2.74. The zero-order chi connectivity index (χ0) is 21.7. The Morgan fingerprint density at radius 3 is 2.23 bits per heavy atom. The van der Waals surface area contributed by atoms with Gasteiger partial charge in [0, 0.05) is 22.9 Å². The summed E-state index contributed by atoms with van der Waals surface area (Å²) < 4.78 is 1.73. The highest BCUT2D eigenvalue weighted by Crippen LogP contribution is 2.25. The number of hydrogen-bond acceptors (Lipinski definition) is 3. The normalized spacial score (nSPS) is 12.3. The van der Waals surface area contributed by atoms with Gasteiger partial charge in [0.2, 0.25) is 0 Å². The van der Waals surface area contributed by atoms with Crippen molar-refractivity contribution in [3.63, 3.8) is 0 Å². The number of aromatic nitrogens is 1. The van der Waals surface area contributed by atoms with Crippen LogP contribution < -0.4 is 9.88 Å². The molecule has 0 radical (unpaired) electrons. The highest BCUT2D eigenvalue weighted by atomic mass is 32.1. The van der Waals surface area contributed by atoms with Crippen LogP contribution >= 0.6 is 12.2 Å². The third kappa shape index (κ3) is 5.12. The summed E-state index contributed by atoms with van der Waals surface area (Å²) in [6, 6.07) is 21.0. The average molecular weight is 420 g/mol. The lowest BCUT2D eigenvalue weighted by Crippen LogP contribution is -2.39. The fourth-order valence-corrected chi connectivity index (χ4v) is 3.40. The number of hydrogen-bond donors (Lipinski definition) is 3. The second kappa shape index (κ2) is 9.20. The molecule has 0 aliphatic heterocycles. The van der Waals surface area contributed by atoms with Crippen LogP contribution in [0, 0.1) is 0 Å². The quantitative estimate of drug-likeness (QED) is 0.233. The third-order valence-electron chi connectivity index (χ3n) is 4.80. The van der Waals surface area contributed by atoms with Crippen LogP contribution in [0.15, 0.2) is 79.1 Å². The van der Waals surface area contributed by atoms with Crippen molar-refractivity contribution >= 4 is 34.3 Å². The number of aliphatic hydroxyl groups excluding tert-OH is 2. The van der Waals surface area contributed by atoms with Crippen LogP contribution in [0.25, 0.3) is 11.5 Å². The van der Waals surface area contributed by atoms with Crippen molar-refractivity contribution in [3.8, 4) is 0 Å². The fraction of sp³-hybridized carbons (Fsp3) is 0.200. The predicted molar refractivity (Wildman–Crippen MR) is 126 cm³/mol. The van der Waals surface area contributed by atoms with Crippen molar-refractivity contribution in [2.45, 2.75) is 32.8 Å². The van der Waals surface area contributed by atoms with Crippen LogP contribution in [0.4, 0.5) is 5.69 Å². The maximum atomic E-state index is 11.2. The van der Waals surface area contributed by atoms with E-state index in [9.17, 15) is 10.2 Å². The Labute approximate surface area is 183 Å². The van der Waals surface area contributed by atoms with Crippen molar-refractivity contribution in [1.29, 1.82) is 0 Å². The zero-order valence-corrected chi connectivity index (χ0v) is 18.3. The van der Waals surface area contributed by atoms with Crippen LogP contribution in [-0.2, 0) is 12.0 Å². The summed E-state index contributed by atoms with van der Waals surface area (Å²) in [4.78, 5) is 0.374. The molecule has 5 heteroatoms. The number of nitrogens with zero attached hydrogens (tertiary/aromatic N) is 1. The summed E-state index contributed by atoms with van der Waals surface area (Å²) in [5, 5.41) is 23.9. The Hall–Kier alpha value is -3.02. The van der Waals surface area contributed by atoms with E-state index >= 15 is 0 Å². The van der Waals surface area contributed by atoms with Gasteiger partial charge in [-0.2, -0.15) is 4.57 Å². The molecular formula is C25H27N2O2S+. The van der Waals surface area contributed by atoms with Crippen LogP contribution in [-0.4, -0.2) is 15.2 Å². The lowest BCUT2D eigenvalue weighted by Gasteiger charge is -2.19. The van der Waals surface area contributed by atoms with Crippen molar-refractivity contribution in [2.75, 3.05) is 5.32 Å². The van der Waals surface area contributed by atoms with Gasteiger partial charge in [-0.15, -0.1) is 0 Å². The predicted octanol–water partition coefficient (Wildman–Crippen LogP) is 5.09. The number of nitrogens with one attached hydrogen (secondary N) is 1. The number of para-hydroxylation sites is 1. The lowest BCUT2D eigenvalue weighted by atomic mass is 9.86. The first-order valence-electron chi connectivity index (χ1n) is 9.81. The molecule has 0 fully saturated rings. The standard InChI is InChI=1S/C25H26N2O2S/c1-25(2,3)20-13-11-19(12-14-20)23(29)22(27-15-7-8-18(16-27)17-28)24(30)26-21-9-5-4-6-10-21/h4-16,28H,17H2,1-3H3,(H-,26,29,30)/p+1. The highest BCUT2D eigenvalue weighted by Gasteiger charge is 2.25. The zero-order valence-electron chi connectivity index (χ0n) is 17.5. The molecule has 1 aromatic heterocycles. The smallest absolute Gasteiger partial charge is 0.288 e. The second-order valence-electron chi connectivity index (χ2n) is 8.12. The van der Waals surface area contributed by atoms with Gasteiger partial charge in [0.05, 0.1) is 6.61 Å². The molecule has 3 rings (SSSR count). The first-order valence-corrected chi connectivity index (χ1v) is 10.2. The van der Waals surface area contributed by atoms with Gasteiger partial charge >= 0.3 is 0 Å². The molecule has 0 saturated heterocycles. The summed E-state index contributed by atoms with van der Waals surface area (Å²) in [5.74, 6) is 0.0592. The van der Waals surface area contributed by atoms with Gasteiger partial charge in [-0.1, -0.05) is 75.5 Å². The van der Waals surface area contributed by atoms with Crippen molar-refractivity contribution in [3.05, 3.63) is 95.8 Å². The summed E-state index contributed by atoms with van der Waals surface area (Å²) in [7, 11) is 0. The Morgan fingerprint density at radius 1 is 0.967 bits per heavy atom. The number of rotatable bonds is 5. The van der Waals surface area contributed by atoms with Gasteiger partial charge in [0.25, 0.3) is 5.70 Å². The van der Waals surface area contributed by atoms with Gasteiger partial charge in [-0.05, 0) is 29.2 Å². The van der Waals surface area contributed by atoms with Gasteiger partial charge in [0.15, 0.2) is 23.1 Å². The number of pyridine rings is 1. The van der Waals surface area contributed by atoms with Gasteiger partial charge in [-0.25, -0.2) is 0 Å². The van der Waals surface area contributed by atoms with E-state index in [0.717, 1.165) is 5.69 Å². The monoisotopic (exact) mass is 419 g/mol. The second-order valence-corrected chi connectivity index (χ2v) is 8.53. The van der Waals surface area contributed by atoms with Gasteiger partial charge < -0.3 is 15.5 Å². The van der Waals surface area contributed by atoms with E-state index in [-0.39, 0.29) is 17.8 Å². The first kappa shape index (κ1) is 21.7. The molecule has 0 saturated carbocycles. The number of aliphatic hydroxyl groups is 2. The van der Waals surface area contributed by atoms with Gasteiger partial charge in [-0.3, -0.25) is 0 Å². The van der Waals surface area contributed by atoms with Crippen molar-refractivity contribution in [2.24, 2.45) is 0 Å². The molecule has 0 spiro atoms. The topological polar surface area (TPSA) is 56.4 Å². The lowest BCUT2D eigenvalue weighted by molar-refractivity contribution is -0.576. The number of anilines is 1. The molecule has 0 aliphatic carbocycles. The number of thiocarbonyl (C=S) groups is 1. The molecule has 3 aromatic rings. The summed E-state index contributed by atoms with van der Waals surface area (Å²) in [6.45, 7) is 6.35. The highest BCUT2D eigenvalue weighted by molar-refractivity contribution is 7.81. The molecule has 0 amide bonds. The minimum atomic E-state index is -0.103. The summed E-state index contributed by atoms with van der Waals surface area (Å²) in [5.41, 5.74) is 3.85. The van der Waals surface area contributed by atoms with E-state index < -0.39 is 0 Å². The molecule has 0 bridgehead atoms. The van der Waals surface area contributed by atoms with Crippen LogP contribution in [0.2, 0.25) is 0 Å². The molecule has 1 heterocycles. The van der Waals surface area contributed by atoms with E-state index in [0.29, 0.717) is 21.8 Å². The minimum Gasteiger partial charge on any atom is -0.502 e. The Balaban J connectivity index is 2.08. The minimum absolute atomic E-state index is 0.0229. The van der Waals surface area contributed by atoms with E-state index in [2.05, 4.69) is 26.1 Å². The third-order valence-corrected chi connectivity index (χ3v) is 5.09. The molecule has 154 valence electrons. The van der Waals surface area contributed by atoms with E-state index in [1.54, 1.807) is 17.0 Å². The summed E-state index contributed by atoms with van der Waals surface area (Å²) in [6.07, 6.45) is 3.56.